The van der Waals surface area contributed by atoms with Crippen molar-refractivity contribution in [3.8, 4) is 5.75 Å². The number of nitrogens with one attached hydrogen (secondary N) is 2. The number of ether oxygens (including phenoxy) is 1. The van der Waals surface area contributed by atoms with Gasteiger partial charge in [-0.3, -0.25) is 10.1 Å². The van der Waals surface area contributed by atoms with Crippen LogP contribution in [0, 0.1) is 10.1 Å². The van der Waals surface area contributed by atoms with Gasteiger partial charge in [-0.2, -0.15) is 8.78 Å². The average Bonchev–Trinajstić information content (AvgIpc) is 2.60. The Morgan fingerprint density at radius 2 is 1.85 bits per heavy atom. The summed E-state index contributed by atoms with van der Waals surface area (Å²) in [4.78, 5) is 10.3. The highest BCUT2D eigenvalue weighted by Crippen LogP contribution is 2.28. The number of sulfonamides is 1. The number of nitro groups is 1. The summed E-state index contributed by atoms with van der Waals surface area (Å²) in [6.45, 7) is -2.76. The van der Waals surface area contributed by atoms with Crippen molar-refractivity contribution in [3.63, 3.8) is 0 Å². The van der Waals surface area contributed by atoms with Crippen LogP contribution < -0.4 is 14.8 Å². The Balaban J connectivity index is 2.17. The molecule has 0 saturated heterocycles. The van der Waals surface area contributed by atoms with Crippen LogP contribution in [0.4, 0.5) is 20.2 Å². The molecule has 0 aliphatic rings. The lowest BCUT2D eigenvalue weighted by atomic mass is 10.2. The molecule has 0 aliphatic heterocycles. The molecule has 0 radical (unpaired) electrons. The number of rotatable bonds is 8. The molecular weight excluding hydrogens is 372 g/mol. The third kappa shape index (κ3) is 4.86. The number of nitrogens with zero attached hydrogens (tertiary/aromatic N) is 1. The lowest BCUT2D eigenvalue weighted by Gasteiger charge is -2.10. The first kappa shape index (κ1) is 19.5. The normalized spacial score (nSPS) is 11.4. The molecule has 0 amide bonds. The summed E-state index contributed by atoms with van der Waals surface area (Å²) in [6, 6.07) is 9.22. The summed E-state index contributed by atoms with van der Waals surface area (Å²) < 4.78 is 54.0. The topological polar surface area (TPSA) is 111 Å². The Hall–Kier alpha value is -2.79. The molecule has 26 heavy (non-hydrogen) atoms. The van der Waals surface area contributed by atoms with E-state index in [1.807, 2.05) is 0 Å². The summed E-state index contributed by atoms with van der Waals surface area (Å²) in [5.41, 5.74) is 0.379. The van der Waals surface area contributed by atoms with E-state index in [1.54, 1.807) is 0 Å². The Labute approximate surface area is 148 Å². The number of alkyl halides is 2. The average molecular weight is 387 g/mol. The fourth-order valence-electron chi connectivity index (χ4n) is 2.08. The molecule has 8 nitrogen and oxygen atoms in total. The molecule has 0 heterocycles. The number of hydrogen-bond acceptors (Lipinski definition) is 6. The number of nitro benzene ring substituents is 1. The van der Waals surface area contributed by atoms with Crippen molar-refractivity contribution in [2.24, 2.45) is 0 Å². The van der Waals surface area contributed by atoms with Crippen molar-refractivity contribution in [2.75, 3.05) is 12.4 Å². The van der Waals surface area contributed by atoms with Crippen LogP contribution in [-0.2, 0) is 16.6 Å². The van der Waals surface area contributed by atoms with E-state index in [4.69, 9.17) is 0 Å². The fourth-order valence-corrected chi connectivity index (χ4v) is 2.83. The Bertz CT molecular complexity index is 889. The molecule has 0 fully saturated rings. The minimum Gasteiger partial charge on any atom is -0.435 e. The smallest absolute Gasteiger partial charge is 0.387 e. The van der Waals surface area contributed by atoms with Crippen molar-refractivity contribution in [2.45, 2.75) is 18.1 Å². The van der Waals surface area contributed by atoms with Crippen LogP contribution in [0.15, 0.2) is 47.4 Å². The Morgan fingerprint density at radius 1 is 1.19 bits per heavy atom. The zero-order valence-corrected chi connectivity index (χ0v) is 14.3. The Kier molecular flexibility index (Phi) is 6.05. The molecule has 11 heteroatoms. The molecule has 0 saturated carbocycles. The molecule has 140 valence electrons. The van der Waals surface area contributed by atoms with E-state index in [2.05, 4.69) is 14.8 Å². The molecule has 0 aliphatic carbocycles. The maximum absolute atomic E-state index is 12.1. The molecule has 2 aromatic carbocycles. The first-order chi connectivity index (χ1) is 12.2. The van der Waals surface area contributed by atoms with Gasteiger partial charge < -0.3 is 10.1 Å². The molecule has 2 N–H and O–H groups in total. The lowest BCUT2D eigenvalue weighted by molar-refractivity contribution is -0.384. The predicted octanol–water partition coefficient (Wildman–Crippen LogP) is 2.72. The SMILES string of the molecule is CNS(=O)(=O)c1ccc(NCc2ccc(OC(F)F)cc2)c([N+](=O)[O-])c1. The minimum atomic E-state index is -3.81. The van der Waals surface area contributed by atoms with Crippen LogP contribution >= 0.6 is 0 Å². The van der Waals surface area contributed by atoms with E-state index in [0.717, 1.165) is 6.07 Å². The second kappa shape index (κ2) is 8.06. The van der Waals surface area contributed by atoms with Gasteiger partial charge in [0.25, 0.3) is 5.69 Å². The summed E-state index contributed by atoms with van der Waals surface area (Å²) in [7, 11) is -2.61. The van der Waals surface area contributed by atoms with Crippen LogP contribution in [0.2, 0.25) is 0 Å². The number of benzene rings is 2. The molecule has 0 unspecified atom stereocenters. The minimum absolute atomic E-state index is 0.00337. The monoisotopic (exact) mass is 387 g/mol. The fraction of sp³-hybridized carbons (Fsp3) is 0.200. The number of anilines is 1. The van der Waals surface area contributed by atoms with Crippen molar-refractivity contribution in [1.82, 2.24) is 4.72 Å². The van der Waals surface area contributed by atoms with E-state index in [1.165, 1.54) is 43.4 Å². The molecule has 0 bridgehead atoms. The van der Waals surface area contributed by atoms with Crippen molar-refractivity contribution in [3.05, 3.63) is 58.1 Å². The third-order valence-corrected chi connectivity index (χ3v) is 4.79. The van der Waals surface area contributed by atoms with Gasteiger partial charge in [-0.25, -0.2) is 13.1 Å². The van der Waals surface area contributed by atoms with E-state index in [0.29, 0.717) is 5.56 Å². The van der Waals surface area contributed by atoms with Crippen LogP contribution in [0.1, 0.15) is 5.56 Å². The molecule has 0 aromatic heterocycles. The first-order valence-electron chi connectivity index (χ1n) is 7.22. The van der Waals surface area contributed by atoms with Crippen molar-refractivity contribution in [1.29, 1.82) is 0 Å². The largest absolute Gasteiger partial charge is 0.435 e. The van der Waals surface area contributed by atoms with Gasteiger partial charge >= 0.3 is 6.61 Å². The zero-order valence-electron chi connectivity index (χ0n) is 13.5. The van der Waals surface area contributed by atoms with Gasteiger partial charge in [0.1, 0.15) is 11.4 Å². The predicted molar refractivity (Wildman–Crippen MR) is 89.7 cm³/mol. The van der Waals surface area contributed by atoms with E-state index < -0.39 is 27.2 Å². The summed E-state index contributed by atoms with van der Waals surface area (Å²) in [5, 5.41) is 14.0. The highest BCUT2D eigenvalue weighted by molar-refractivity contribution is 7.89. The van der Waals surface area contributed by atoms with Crippen molar-refractivity contribution < 1.29 is 26.9 Å². The molecule has 0 atom stereocenters. The summed E-state index contributed by atoms with van der Waals surface area (Å²) in [5.74, 6) is -0.00337. The highest BCUT2D eigenvalue weighted by atomic mass is 32.2. The maximum atomic E-state index is 12.1. The lowest BCUT2D eigenvalue weighted by Crippen LogP contribution is -2.18. The van der Waals surface area contributed by atoms with Crippen LogP contribution in [-0.4, -0.2) is 27.0 Å². The molecule has 2 rings (SSSR count). The van der Waals surface area contributed by atoms with Gasteiger partial charge in [0.2, 0.25) is 10.0 Å². The molecule has 2 aromatic rings. The van der Waals surface area contributed by atoms with Gasteiger partial charge in [0.15, 0.2) is 0 Å². The standard InChI is InChI=1S/C15H15F2N3O5S/c1-18-26(23,24)12-6-7-13(14(8-12)20(21)22)19-9-10-2-4-11(5-3-10)25-15(16)17/h2-8,15,18-19H,9H2,1H3. The Morgan fingerprint density at radius 3 is 2.38 bits per heavy atom. The summed E-state index contributed by atoms with van der Waals surface area (Å²) in [6.07, 6.45) is 0. The van der Waals surface area contributed by atoms with Gasteiger partial charge in [0.05, 0.1) is 9.82 Å². The third-order valence-electron chi connectivity index (χ3n) is 3.38. The van der Waals surface area contributed by atoms with Crippen molar-refractivity contribution >= 4 is 21.4 Å². The highest BCUT2D eigenvalue weighted by Gasteiger charge is 2.20. The van der Waals surface area contributed by atoms with E-state index in [9.17, 15) is 27.3 Å². The van der Waals surface area contributed by atoms with E-state index in [-0.39, 0.29) is 22.9 Å². The molecule has 0 spiro atoms. The quantitative estimate of drug-likeness (QED) is 0.532. The second-order valence-corrected chi connectivity index (χ2v) is 6.91. The zero-order chi connectivity index (χ0) is 19.3. The van der Waals surface area contributed by atoms with Crippen LogP contribution in [0.5, 0.6) is 5.75 Å². The number of halogens is 2. The van der Waals surface area contributed by atoms with Crippen LogP contribution in [0.25, 0.3) is 0 Å². The molecular formula is C15H15F2N3O5S. The van der Waals surface area contributed by atoms with E-state index >= 15 is 0 Å². The summed E-state index contributed by atoms with van der Waals surface area (Å²) >= 11 is 0. The maximum Gasteiger partial charge on any atom is 0.387 e. The first-order valence-corrected chi connectivity index (χ1v) is 8.71. The van der Waals surface area contributed by atoms with Gasteiger partial charge in [-0.15, -0.1) is 0 Å². The van der Waals surface area contributed by atoms with Gasteiger partial charge in [-0.05, 0) is 36.9 Å². The number of hydrogen-bond donors (Lipinski definition) is 2. The van der Waals surface area contributed by atoms with Gasteiger partial charge in [0, 0.05) is 12.6 Å². The van der Waals surface area contributed by atoms with Gasteiger partial charge in [-0.1, -0.05) is 12.1 Å². The second-order valence-electron chi connectivity index (χ2n) is 5.02. The van der Waals surface area contributed by atoms with Crippen LogP contribution in [0.3, 0.4) is 0 Å².